The van der Waals surface area contributed by atoms with E-state index in [4.69, 9.17) is 4.74 Å². The minimum Gasteiger partial charge on any atom is -0.454 e. The monoisotopic (exact) mass is 434 g/mol. The number of benzene rings is 2. The molecular weight excluding hydrogens is 411 g/mol. The molecule has 1 heterocycles. The second kappa shape index (κ2) is 8.93. The number of anilines is 1. The second-order valence-electron chi connectivity index (χ2n) is 7.18. The molecule has 9 heteroatoms. The molecule has 2 aromatic carbocycles. The Balaban J connectivity index is 1.64. The first-order valence-electron chi connectivity index (χ1n) is 9.50. The number of esters is 1. The fraction of sp³-hybridized carbons (Fsp3) is 0.333. The van der Waals surface area contributed by atoms with Gasteiger partial charge in [-0.15, -0.1) is 0 Å². The summed E-state index contributed by atoms with van der Waals surface area (Å²) in [4.78, 5) is 24.1. The van der Waals surface area contributed by atoms with Crippen LogP contribution in [0, 0.1) is 19.7 Å². The molecule has 0 aromatic heterocycles. The molecular formula is C21H23FN2O5S. The lowest BCUT2D eigenvalue weighted by molar-refractivity contribution is -0.150. The van der Waals surface area contributed by atoms with Gasteiger partial charge >= 0.3 is 5.97 Å². The highest BCUT2D eigenvalue weighted by Gasteiger charge is 2.41. The van der Waals surface area contributed by atoms with E-state index < -0.39 is 45.3 Å². The molecule has 0 bridgehead atoms. The number of aryl methyl sites for hydroxylation is 2. The molecule has 1 saturated heterocycles. The Labute approximate surface area is 174 Å². The van der Waals surface area contributed by atoms with Gasteiger partial charge in [0.15, 0.2) is 6.61 Å². The summed E-state index contributed by atoms with van der Waals surface area (Å²) < 4.78 is 45.6. The van der Waals surface area contributed by atoms with E-state index in [2.05, 4.69) is 5.32 Å². The Morgan fingerprint density at radius 1 is 1.20 bits per heavy atom. The van der Waals surface area contributed by atoms with Crippen molar-refractivity contribution in [2.75, 3.05) is 18.5 Å². The summed E-state index contributed by atoms with van der Waals surface area (Å²) in [5.74, 6) is -2.25. The van der Waals surface area contributed by atoms with Crippen molar-refractivity contribution >= 4 is 27.6 Å². The Bertz CT molecular complexity index is 1070. The van der Waals surface area contributed by atoms with E-state index in [-0.39, 0.29) is 13.0 Å². The van der Waals surface area contributed by atoms with E-state index in [1.165, 1.54) is 12.1 Å². The molecule has 1 N–H and O–H groups in total. The summed E-state index contributed by atoms with van der Waals surface area (Å²) in [5, 5.41) is 2.66. The quantitative estimate of drug-likeness (QED) is 0.706. The van der Waals surface area contributed by atoms with Crippen LogP contribution >= 0.6 is 0 Å². The first-order valence-corrected chi connectivity index (χ1v) is 10.9. The normalized spacial score (nSPS) is 17.0. The van der Waals surface area contributed by atoms with Crippen LogP contribution in [0.5, 0.6) is 0 Å². The molecule has 160 valence electrons. The van der Waals surface area contributed by atoms with Crippen LogP contribution in [0.4, 0.5) is 10.1 Å². The van der Waals surface area contributed by atoms with Gasteiger partial charge in [0.2, 0.25) is 10.0 Å². The van der Waals surface area contributed by atoms with Crippen molar-refractivity contribution in [3.05, 3.63) is 59.4 Å². The van der Waals surface area contributed by atoms with E-state index in [0.717, 1.165) is 27.6 Å². The van der Waals surface area contributed by atoms with Crippen LogP contribution in [0.25, 0.3) is 0 Å². The standard InChI is InChI=1S/C21H23FN2O5S/c1-14-9-10-17(15(2)12-14)23-20(25)13-29-21(26)18-7-5-11-24(18)30(27,28)19-8-4-3-6-16(19)22/h3-4,6,8-10,12,18H,5,7,11,13H2,1-2H3,(H,23,25). The van der Waals surface area contributed by atoms with Crippen LogP contribution in [0.2, 0.25) is 0 Å². The molecule has 0 radical (unpaired) electrons. The van der Waals surface area contributed by atoms with Gasteiger partial charge < -0.3 is 10.1 Å². The van der Waals surface area contributed by atoms with Crippen molar-refractivity contribution in [1.82, 2.24) is 4.31 Å². The molecule has 0 saturated carbocycles. The second-order valence-corrected chi connectivity index (χ2v) is 9.04. The Hall–Kier alpha value is -2.78. The number of sulfonamides is 1. The molecule has 1 fully saturated rings. The predicted molar refractivity (Wildman–Crippen MR) is 109 cm³/mol. The molecule has 1 amide bonds. The molecule has 7 nitrogen and oxygen atoms in total. The fourth-order valence-corrected chi connectivity index (χ4v) is 5.13. The zero-order valence-electron chi connectivity index (χ0n) is 16.7. The van der Waals surface area contributed by atoms with Gasteiger partial charge in [0.1, 0.15) is 16.8 Å². The molecule has 3 rings (SSSR count). The summed E-state index contributed by atoms with van der Waals surface area (Å²) in [6.07, 6.45) is 0.674. The van der Waals surface area contributed by atoms with Gasteiger partial charge in [0, 0.05) is 12.2 Å². The van der Waals surface area contributed by atoms with Gasteiger partial charge in [0.25, 0.3) is 5.91 Å². The lowest BCUT2D eigenvalue weighted by atomic mass is 10.1. The smallest absolute Gasteiger partial charge is 0.324 e. The number of hydrogen-bond donors (Lipinski definition) is 1. The third-order valence-electron chi connectivity index (χ3n) is 4.90. The van der Waals surface area contributed by atoms with Crippen molar-refractivity contribution in [3.63, 3.8) is 0 Å². The number of carbonyl (C=O) groups excluding carboxylic acids is 2. The number of nitrogens with zero attached hydrogens (tertiary/aromatic N) is 1. The highest BCUT2D eigenvalue weighted by molar-refractivity contribution is 7.89. The predicted octanol–water partition coefficient (Wildman–Crippen LogP) is 2.78. The average Bonchev–Trinajstić information content (AvgIpc) is 3.19. The number of amides is 1. The maximum absolute atomic E-state index is 14.0. The Morgan fingerprint density at radius 3 is 2.63 bits per heavy atom. The molecule has 0 spiro atoms. The largest absolute Gasteiger partial charge is 0.454 e. The maximum atomic E-state index is 14.0. The third kappa shape index (κ3) is 4.68. The van der Waals surface area contributed by atoms with Crippen LogP contribution in [-0.4, -0.2) is 43.8 Å². The van der Waals surface area contributed by atoms with Gasteiger partial charge in [-0.2, -0.15) is 4.31 Å². The molecule has 0 aliphatic carbocycles. The van der Waals surface area contributed by atoms with Gasteiger partial charge in [-0.3, -0.25) is 9.59 Å². The first-order chi connectivity index (χ1) is 14.2. The number of ether oxygens (including phenoxy) is 1. The van der Waals surface area contributed by atoms with Crippen molar-refractivity contribution < 1.29 is 27.1 Å². The highest BCUT2D eigenvalue weighted by Crippen LogP contribution is 2.28. The molecule has 2 aromatic rings. The van der Waals surface area contributed by atoms with Gasteiger partial charge in [-0.1, -0.05) is 29.8 Å². The lowest BCUT2D eigenvalue weighted by Gasteiger charge is -2.22. The van der Waals surface area contributed by atoms with Crippen molar-refractivity contribution in [1.29, 1.82) is 0 Å². The lowest BCUT2D eigenvalue weighted by Crippen LogP contribution is -2.42. The molecule has 1 atom stereocenters. The van der Waals surface area contributed by atoms with Crippen LogP contribution < -0.4 is 5.32 Å². The molecule has 1 aliphatic heterocycles. The van der Waals surface area contributed by atoms with Crippen molar-refractivity contribution in [2.45, 2.75) is 37.6 Å². The minimum absolute atomic E-state index is 0.0746. The number of nitrogens with one attached hydrogen (secondary N) is 1. The minimum atomic E-state index is -4.20. The summed E-state index contributed by atoms with van der Waals surface area (Å²) in [5.41, 5.74) is 2.52. The van der Waals surface area contributed by atoms with Gasteiger partial charge in [-0.25, -0.2) is 12.8 Å². The van der Waals surface area contributed by atoms with E-state index in [1.54, 1.807) is 6.07 Å². The van der Waals surface area contributed by atoms with Crippen LogP contribution in [0.15, 0.2) is 47.4 Å². The van der Waals surface area contributed by atoms with Crippen LogP contribution in [0.3, 0.4) is 0 Å². The molecule has 1 unspecified atom stereocenters. The Morgan fingerprint density at radius 2 is 1.93 bits per heavy atom. The molecule has 30 heavy (non-hydrogen) atoms. The topological polar surface area (TPSA) is 92.8 Å². The summed E-state index contributed by atoms with van der Waals surface area (Å²) in [6.45, 7) is 3.31. The number of halogens is 1. The summed E-state index contributed by atoms with van der Waals surface area (Å²) in [6, 6.07) is 9.42. The van der Waals surface area contributed by atoms with E-state index >= 15 is 0 Å². The average molecular weight is 434 g/mol. The van der Waals surface area contributed by atoms with Crippen LogP contribution in [-0.2, 0) is 24.3 Å². The van der Waals surface area contributed by atoms with Gasteiger partial charge in [0.05, 0.1) is 0 Å². The highest BCUT2D eigenvalue weighted by atomic mass is 32.2. The summed E-state index contributed by atoms with van der Waals surface area (Å²) in [7, 11) is -4.20. The first kappa shape index (κ1) is 21.9. The van der Waals surface area contributed by atoms with E-state index in [1.807, 2.05) is 26.0 Å². The van der Waals surface area contributed by atoms with Crippen LogP contribution in [0.1, 0.15) is 24.0 Å². The van der Waals surface area contributed by atoms with Crippen molar-refractivity contribution in [2.24, 2.45) is 0 Å². The zero-order valence-corrected chi connectivity index (χ0v) is 17.5. The zero-order chi connectivity index (χ0) is 21.9. The SMILES string of the molecule is Cc1ccc(NC(=O)COC(=O)C2CCCN2S(=O)(=O)c2ccccc2F)c(C)c1. The third-order valence-corrected chi connectivity index (χ3v) is 6.84. The molecule has 1 aliphatic rings. The Kier molecular flexibility index (Phi) is 6.52. The van der Waals surface area contributed by atoms with Gasteiger partial charge in [-0.05, 0) is 50.5 Å². The number of rotatable bonds is 6. The van der Waals surface area contributed by atoms with Crippen molar-refractivity contribution in [3.8, 4) is 0 Å². The fourth-order valence-electron chi connectivity index (χ4n) is 3.42. The number of hydrogen-bond acceptors (Lipinski definition) is 5. The number of carbonyl (C=O) groups is 2. The maximum Gasteiger partial charge on any atom is 0.324 e. The van der Waals surface area contributed by atoms with E-state index in [9.17, 15) is 22.4 Å². The van der Waals surface area contributed by atoms with E-state index in [0.29, 0.717) is 12.1 Å². The summed E-state index contributed by atoms with van der Waals surface area (Å²) >= 11 is 0.